The van der Waals surface area contributed by atoms with Crippen LogP contribution in [0.4, 0.5) is 0 Å². The van der Waals surface area contributed by atoms with E-state index in [9.17, 15) is 13.2 Å². The summed E-state index contributed by atoms with van der Waals surface area (Å²) < 4.78 is 26.4. The molecule has 1 aromatic heterocycles. The first kappa shape index (κ1) is 16.0. The van der Waals surface area contributed by atoms with E-state index in [0.29, 0.717) is 39.1 Å². The van der Waals surface area contributed by atoms with Gasteiger partial charge in [0.1, 0.15) is 0 Å². The molecule has 7 heteroatoms. The summed E-state index contributed by atoms with van der Waals surface area (Å²) in [5.74, 6) is 0.0932. The Balaban J connectivity index is 1.86. The van der Waals surface area contributed by atoms with Crippen molar-refractivity contribution in [3.8, 4) is 0 Å². The molecular weight excluding hydrogens is 290 g/mol. The number of rotatable bonds is 4. The molecule has 2 rings (SSSR count). The van der Waals surface area contributed by atoms with Crippen LogP contribution in [0.2, 0.25) is 0 Å². The zero-order valence-electron chi connectivity index (χ0n) is 12.9. The molecule has 1 fully saturated rings. The van der Waals surface area contributed by atoms with Crippen molar-refractivity contribution in [2.45, 2.75) is 26.8 Å². The van der Waals surface area contributed by atoms with E-state index in [1.807, 2.05) is 26.0 Å². The van der Waals surface area contributed by atoms with Gasteiger partial charge in [-0.2, -0.15) is 4.31 Å². The van der Waals surface area contributed by atoms with Crippen molar-refractivity contribution in [1.29, 1.82) is 0 Å². The molecule has 0 aliphatic carbocycles. The quantitative estimate of drug-likeness (QED) is 0.818. The predicted molar refractivity (Wildman–Crippen MR) is 81.5 cm³/mol. The number of hydrogen-bond donors (Lipinski definition) is 0. The van der Waals surface area contributed by atoms with Gasteiger partial charge in [0.15, 0.2) is 0 Å². The van der Waals surface area contributed by atoms with E-state index >= 15 is 0 Å². The molecule has 0 unspecified atom stereocenters. The minimum atomic E-state index is -3.14. The van der Waals surface area contributed by atoms with Gasteiger partial charge in [-0.3, -0.25) is 4.79 Å². The van der Waals surface area contributed by atoms with E-state index in [0.717, 1.165) is 11.4 Å². The zero-order chi connectivity index (χ0) is 15.6. The highest BCUT2D eigenvalue weighted by molar-refractivity contribution is 7.88. The van der Waals surface area contributed by atoms with Crippen molar-refractivity contribution in [2.24, 2.45) is 0 Å². The Kier molecular flexibility index (Phi) is 4.73. The maximum atomic E-state index is 12.2. The molecule has 1 aliphatic rings. The minimum Gasteiger partial charge on any atom is -0.349 e. The Hall–Kier alpha value is -1.34. The van der Waals surface area contributed by atoms with Gasteiger partial charge in [0.2, 0.25) is 15.9 Å². The van der Waals surface area contributed by atoms with E-state index < -0.39 is 10.0 Å². The predicted octanol–water partition coefficient (Wildman–Crippen LogP) is 0.599. The smallest absolute Gasteiger partial charge is 0.224 e. The van der Waals surface area contributed by atoms with E-state index in [1.165, 1.54) is 10.6 Å². The molecule has 2 heterocycles. The second-order valence-corrected chi connectivity index (χ2v) is 7.54. The third-order valence-electron chi connectivity index (χ3n) is 4.03. The number of amides is 1. The third kappa shape index (κ3) is 3.85. The molecule has 1 saturated heterocycles. The lowest BCUT2D eigenvalue weighted by Crippen LogP contribution is -2.50. The molecule has 0 radical (unpaired) electrons. The molecule has 1 amide bonds. The first-order valence-electron chi connectivity index (χ1n) is 7.14. The Bertz CT molecular complexity index is 594. The first-order chi connectivity index (χ1) is 9.79. The summed E-state index contributed by atoms with van der Waals surface area (Å²) in [6, 6.07) is 4.09. The summed E-state index contributed by atoms with van der Waals surface area (Å²) in [7, 11) is -3.14. The number of aromatic nitrogens is 1. The van der Waals surface area contributed by atoms with Crippen molar-refractivity contribution in [3.05, 3.63) is 23.5 Å². The maximum Gasteiger partial charge on any atom is 0.224 e. The summed E-state index contributed by atoms with van der Waals surface area (Å²) in [5, 5.41) is 0. The molecule has 0 atom stereocenters. The highest BCUT2D eigenvalue weighted by Gasteiger charge is 2.25. The van der Waals surface area contributed by atoms with Crippen LogP contribution in [-0.2, 0) is 21.4 Å². The van der Waals surface area contributed by atoms with E-state index in [2.05, 4.69) is 4.57 Å². The summed E-state index contributed by atoms with van der Waals surface area (Å²) in [5.41, 5.74) is 2.31. The van der Waals surface area contributed by atoms with Gasteiger partial charge < -0.3 is 9.47 Å². The van der Waals surface area contributed by atoms with Crippen molar-refractivity contribution < 1.29 is 13.2 Å². The van der Waals surface area contributed by atoms with Crippen LogP contribution < -0.4 is 0 Å². The standard InChI is InChI=1S/C14H23N3O3S/c1-12-4-5-13(2)17(12)7-6-14(18)15-8-10-16(11-9-15)21(3,19)20/h4-5H,6-11H2,1-3H3. The molecule has 118 valence electrons. The highest BCUT2D eigenvalue weighted by atomic mass is 32.2. The van der Waals surface area contributed by atoms with Gasteiger partial charge in [-0.25, -0.2) is 8.42 Å². The van der Waals surface area contributed by atoms with Crippen molar-refractivity contribution in [1.82, 2.24) is 13.8 Å². The molecule has 0 bridgehead atoms. The topological polar surface area (TPSA) is 62.6 Å². The largest absolute Gasteiger partial charge is 0.349 e. The van der Waals surface area contributed by atoms with Gasteiger partial charge in [0.05, 0.1) is 6.26 Å². The first-order valence-corrected chi connectivity index (χ1v) is 8.99. The van der Waals surface area contributed by atoms with Crippen LogP contribution in [0.15, 0.2) is 12.1 Å². The molecule has 0 spiro atoms. The van der Waals surface area contributed by atoms with Crippen LogP contribution in [0, 0.1) is 13.8 Å². The number of sulfonamides is 1. The molecule has 6 nitrogen and oxygen atoms in total. The van der Waals surface area contributed by atoms with Gasteiger partial charge in [0, 0.05) is 50.5 Å². The number of piperazine rings is 1. The van der Waals surface area contributed by atoms with Crippen LogP contribution in [0.25, 0.3) is 0 Å². The highest BCUT2D eigenvalue weighted by Crippen LogP contribution is 2.11. The molecule has 0 saturated carbocycles. The third-order valence-corrected chi connectivity index (χ3v) is 5.33. The molecule has 0 N–H and O–H groups in total. The SMILES string of the molecule is Cc1ccc(C)n1CCC(=O)N1CCN(S(C)(=O)=O)CC1. The van der Waals surface area contributed by atoms with Gasteiger partial charge in [-0.15, -0.1) is 0 Å². The van der Waals surface area contributed by atoms with Gasteiger partial charge in [0.25, 0.3) is 0 Å². The van der Waals surface area contributed by atoms with Gasteiger partial charge in [-0.1, -0.05) is 0 Å². The minimum absolute atomic E-state index is 0.0932. The Morgan fingerprint density at radius 1 is 1.10 bits per heavy atom. The molecule has 1 aliphatic heterocycles. The lowest BCUT2D eigenvalue weighted by molar-refractivity contribution is -0.132. The average Bonchev–Trinajstić information content (AvgIpc) is 2.75. The number of carbonyl (C=O) groups is 1. The Morgan fingerprint density at radius 3 is 2.10 bits per heavy atom. The summed E-state index contributed by atoms with van der Waals surface area (Å²) >= 11 is 0. The fraction of sp³-hybridized carbons (Fsp3) is 0.643. The molecule has 0 aromatic carbocycles. The second kappa shape index (κ2) is 6.19. The number of aryl methyl sites for hydroxylation is 2. The van der Waals surface area contributed by atoms with E-state index in [1.54, 1.807) is 4.90 Å². The Labute approximate surface area is 126 Å². The van der Waals surface area contributed by atoms with E-state index in [-0.39, 0.29) is 5.91 Å². The van der Waals surface area contributed by atoms with Crippen LogP contribution in [0.1, 0.15) is 17.8 Å². The summed E-state index contributed by atoms with van der Waals surface area (Å²) in [6.45, 7) is 6.49. The normalized spacial score (nSPS) is 17.2. The maximum absolute atomic E-state index is 12.2. The van der Waals surface area contributed by atoms with Gasteiger partial charge in [-0.05, 0) is 26.0 Å². The lowest BCUT2D eigenvalue weighted by Gasteiger charge is -2.33. The second-order valence-electron chi connectivity index (χ2n) is 5.56. The number of hydrogen-bond acceptors (Lipinski definition) is 3. The van der Waals surface area contributed by atoms with Gasteiger partial charge >= 0.3 is 0 Å². The molecular formula is C14H23N3O3S. The van der Waals surface area contributed by atoms with Crippen molar-refractivity contribution in [3.63, 3.8) is 0 Å². The van der Waals surface area contributed by atoms with Crippen LogP contribution in [0.3, 0.4) is 0 Å². The van der Waals surface area contributed by atoms with Crippen molar-refractivity contribution >= 4 is 15.9 Å². The van der Waals surface area contributed by atoms with Crippen molar-refractivity contribution in [2.75, 3.05) is 32.4 Å². The molecule has 21 heavy (non-hydrogen) atoms. The average molecular weight is 313 g/mol. The van der Waals surface area contributed by atoms with Crippen LogP contribution in [-0.4, -0.2) is 60.5 Å². The lowest BCUT2D eigenvalue weighted by atomic mass is 10.3. The molecule has 1 aromatic rings. The van der Waals surface area contributed by atoms with Crippen LogP contribution >= 0.6 is 0 Å². The summed E-state index contributed by atoms with van der Waals surface area (Å²) in [4.78, 5) is 14.0. The fourth-order valence-electron chi connectivity index (χ4n) is 2.69. The number of carbonyl (C=O) groups excluding carboxylic acids is 1. The zero-order valence-corrected chi connectivity index (χ0v) is 13.7. The fourth-order valence-corrected chi connectivity index (χ4v) is 3.51. The summed E-state index contributed by atoms with van der Waals surface area (Å²) in [6.07, 6.45) is 1.66. The van der Waals surface area contributed by atoms with E-state index in [4.69, 9.17) is 0 Å². The monoisotopic (exact) mass is 313 g/mol. The van der Waals surface area contributed by atoms with Crippen LogP contribution in [0.5, 0.6) is 0 Å². The Morgan fingerprint density at radius 2 is 1.62 bits per heavy atom. The number of nitrogens with zero attached hydrogens (tertiary/aromatic N) is 3.